The van der Waals surface area contributed by atoms with E-state index in [9.17, 15) is 4.79 Å². The van der Waals surface area contributed by atoms with Gasteiger partial charge in [-0.05, 0) is 26.8 Å². The summed E-state index contributed by atoms with van der Waals surface area (Å²) < 4.78 is 11.0. The van der Waals surface area contributed by atoms with E-state index in [1.807, 2.05) is 20.8 Å². The first-order valence-electron chi connectivity index (χ1n) is 6.09. The van der Waals surface area contributed by atoms with Crippen LogP contribution < -0.4 is 0 Å². The first-order chi connectivity index (χ1) is 8.51. The van der Waals surface area contributed by atoms with Gasteiger partial charge in [0.25, 0.3) is 5.91 Å². The molecular formula is C13H18ClNO3. The number of nitrogens with zero attached hydrogens (tertiary/aromatic N) is 1. The molecule has 2 unspecified atom stereocenters. The van der Waals surface area contributed by atoms with Gasteiger partial charge >= 0.3 is 0 Å². The summed E-state index contributed by atoms with van der Waals surface area (Å²) in [6.07, 6.45) is -0.0765. The second-order valence-corrected chi connectivity index (χ2v) is 5.07. The maximum absolute atomic E-state index is 12.4. The fourth-order valence-electron chi connectivity index (χ4n) is 2.31. The van der Waals surface area contributed by atoms with E-state index >= 15 is 0 Å². The van der Waals surface area contributed by atoms with E-state index < -0.39 is 0 Å². The lowest BCUT2D eigenvalue weighted by Crippen LogP contribution is -2.49. The molecule has 5 heteroatoms. The van der Waals surface area contributed by atoms with E-state index in [0.29, 0.717) is 30.3 Å². The van der Waals surface area contributed by atoms with Crippen molar-refractivity contribution in [2.24, 2.45) is 0 Å². The van der Waals surface area contributed by atoms with E-state index in [0.717, 1.165) is 5.76 Å². The van der Waals surface area contributed by atoms with Gasteiger partial charge in [0.2, 0.25) is 0 Å². The molecule has 0 bridgehead atoms. The zero-order chi connectivity index (χ0) is 13.3. The van der Waals surface area contributed by atoms with Crippen LogP contribution in [-0.4, -0.2) is 42.0 Å². The highest BCUT2D eigenvalue weighted by Gasteiger charge is 2.29. The fraction of sp³-hybridized carbons (Fsp3) is 0.615. The van der Waals surface area contributed by atoms with Gasteiger partial charge in [-0.1, -0.05) is 0 Å². The van der Waals surface area contributed by atoms with Gasteiger partial charge in [-0.2, -0.15) is 0 Å². The minimum Gasteiger partial charge on any atom is -0.466 e. The van der Waals surface area contributed by atoms with Crippen molar-refractivity contribution >= 4 is 17.5 Å². The Bertz CT molecular complexity index is 443. The van der Waals surface area contributed by atoms with E-state index in [1.165, 1.54) is 0 Å². The molecule has 0 aromatic carbocycles. The van der Waals surface area contributed by atoms with Gasteiger partial charge in [0.1, 0.15) is 11.5 Å². The average Bonchev–Trinajstić information content (AvgIpc) is 2.66. The molecule has 1 fully saturated rings. The third-order valence-electron chi connectivity index (χ3n) is 3.06. The highest BCUT2D eigenvalue weighted by molar-refractivity contribution is 6.18. The number of ether oxygens (including phenoxy) is 1. The van der Waals surface area contributed by atoms with Crippen LogP contribution in [0.2, 0.25) is 0 Å². The zero-order valence-corrected chi connectivity index (χ0v) is 11.7. The molecule has 1 aromatic heterocycles. The van der Waals surface area contributed by atoms with Gasteiger partial charge in [0.05, 0.1) is 23.7 Å². The fourth-order valence-corrected chi connectivity index (χ4v) is 2.48. The van der Waals surface area contributed by atoms with Crippen molar-refractivity contribution in [3.8, 4) is 0 Å². The van der Waals surface area contributed by atoms with Gasteiger partial charge in [0.15, 0.2) is 0 Å². The SMILES string of the molecule is Cc1cc(C(=O)N2CC(C)OC(CCl)C2)c(C)o1. The van der Waals surface area contributed by atoms with Crippen LogP contribution in [0.1, 0.15) is 28.8 Å². The molecule has 1 amide bonds. The normalized spacial score (nSPS) is 24.3. The van der Waals surface area contributed by atoms with E-state index in [-0.39, 0.29) is 18.1 Å². The summed E-state index contributed by atoms with van der Waals surface area (Å²) in [5.41, 5.74) is 0.634. The molecule has 18 heavy (non-hydrogen) atoms. The summed E-state index contributed by atoms with van der Waals surface area (Å²) in [6.45, 7) is 6.73. The minimum absolute atomic E-state index is 0.00498. The van der Waals surface area contributed by atoms with Crippen molar-refractivity contribution in [1.82, 2.24) is 4.90 Å². The predicted molar refractivity (Wildman–Crippen MR) is 69.1 cm³/mol. The second kappa shape index (κ2) is 5.33. The molecule has 2 heterocycles. The average molecular weight is 272 g/mol. The number of halogens is 1. The number of carbonyl (C=O) groups excluding carboxylic acids is 1. The molecule has 100 valence electrons. The van der Waals surface area contributed by atoms with Crippen LogP contribution in [0.3, 0.4) is 0 Å². The molecule has 0 saturated carbocycles. The number of hydrogen-bond donors (Lipinski definition) is 0. The number of carbonyl (C=O) groups is 1. The van der Waals surface area contributed by atoms with E-state index in [1.54, 1.807) is 11.0 Å². The van der Waals surface area contributed by atoms with Gasteiger partial charge in [0, 0.05) is 13.1 Å². The van der Waals surface area contributed by atoms with Crippen LogP contribution in [0.5, 0.6) is 0 Å². The Labute approximate surface area is 112 Å². The van der Waals surface area contributed by atoms with Crippen molar-refractivity contribution < 1.29 is 13.9 Å². The lowest BCUT2D eigenvalue weighted by Gasteiger charge is -2.36. The first kappa shape index (κ1) is 13.4. The molecular weight excluding hydrogens is 254 g/mol. The Morgan fingerprint density at radius 2 is 2.22 bits per heavy atom. The van der Waals surface area contributed by atoms with Crippen molar-refractivity contribution in [1.29, 1.82) is 0 Å². The highest BCUT2D eigenvalue weighted by atomic mass is 35.5. The molecule has 2 rings (SSSR count). The smallest absolute Gasteiger partial charge is 0.257 e. The lowest BCUT2D eigenvalue weighted by atomic mass is 10.1. The van der Waals surface area contributed by atoms with E-state index in [4.69, 9.17) is 20.8 Å². The molecule has 1 aliphatic heterocycles. The van der Waals surface area contributed by atoms with Crippen molar-refractivity contribution in [3.63, 3.8) is 0 Å². The number of morpholine rings is 1. The summed E-state index contributed by atoms with van der Waals surface area (Å²) in [6, 6.07) is 1.79. The third kappa shape index (κ3) is 2.70. The quantitative estimate of drug-likeness (QED) is 0.776. The summed E-state index contributed by atoms with van der Waals surface area (Å²) >= 11 is 5.82. The number of furan rings is 1. The van der Waals surface area contributed by atoms with Crippen LogP contribution in [0.4, 0.5) is 0 Å². The Morgan fingerprint density at radius 3 is 2.78 bits per heavy atom. The standard InChI is InChI=1S/C13H18ClNO3/c1-8-4-12(10(3)17-8)13(16)15-6-9(2)18-11(5-14)7-15/h4,9,11H,5-7H2,1-3H3. The molecule has 0 spiro atoms. The summed E-state index contributed by atoms with van der Waals surface area (Å²) in [4.78, 5) is 14.2. The van der Waals surface area contributed by atoms with Crippen molar-refractivity contribution in [2.45, 2.75) is 33.0 Å². The topological polar surface area (TPSA) is 42.7 Å². The van der Waals surface area contributed by atoms with Crippen LogP contribution in [0.25, 0.3) is 0 Å². The highest BCUT2D eigenvalue weighted by Crippen LogP contribution is 2.19. The second-order valence-electron chi connectivity index (χ2n) is 4.76. The van der Waals surface area contributed by atoms with Crippen molar-refractivity contribution in [3.05, 3.63) is 23.2 Å². The molecule has 0 radical (unpaired) electrons. The summed E-state index contributed by atoms with van der Waals surface area (Å²) in [5.74, 6) is 1.82. The van der Waals surface area contributed by atoms with Crippen LogP contribution >= 0.6 is 11.6 Å². The molecule has 0 N–H and O–H groups in total. The number of hydrogen-bond acceptors (Lipinski definition) is 3. The molecule has 1 aliphatic rings. The predicted octanol–water partition coefficient (Wildman–Crippen LogP) is 2.36. The summed E-state index contributed by atoms with van der Waals surface area (Å²) in [5, 5.41) is 0. The van der Waals surface area contributed by atoms with Crippen molar-refractivity contribution in [2.75, 3.05) is 19.0 Å². The van der Waals surface area contributed by atoms with Gasteiger partial charge < -0.3 is 14.1 Å². The third-order valence-corrected chi connectivity index (χ3v) is 3.40. The van der Waals surface area contributed by atoms with Gasteiger partial charge in [-0.25, -0.2) is 0 Å². The molecule has 4 nitrogen and oxygen atoms in total. The maximum Gasteiger partial charge on any atom is 0.257 e. The number of aryl methyl sites for hydroxylation is 2. The Balaban J connectivity index is 2.15. The molecule has 0 aliphatic carbocycles. The number of rotatable bonds is 2. The first-order valence-corrected chi connectivity index (χ1v) is 6.62. The maximum atomic E-state index is 12.4. The minimum atomic E-state index is -0.0901. The Morgan fingerprint density at radius 1 is 1.50 bits per heavy atom. The Hall–Kier alpha value is -1.00. The lowest BCUT2D eigenvalue weighted by molar-refractivity contribution is -0.0570. The molecule has 1 saturated heterocycles. The zero-order valence-electron chi connectivity index (χ0n) is 10.9. The summed E-state index contributed by atoms with van der Waals surface area (Å²) in [7, 11) is 0. The van der Waals surface area contributed by atoms with Crippen LogP contribution in [0, 0.1) is 13.8 Å². The van der Waals surface area contributed by atoms with Crippen LogP contribution in [0.15, 0.2) is 10.5 Å². The largest absolute Gasteiger partial charge is 0.466 e. The van der Waals surface area contributed by atoms with Gasteiger partial charge in [-0.3, -0.25) is 4.79 Å². The molecule has 1 aromatic rings. The number of alkyl halides is 1. The number of amides is 1. The Kier molecular flexibility index (Phi) is 3.97. The van der Waals surface area contributed by atoms with Gasteiger partial charge in [-0.15, -0.1) is 11.6 Å². The van der Waals surface area contributed by atoms with E-state index in [2.05, 4.69) is 0 Å². The monoisotopic (exact) mass is 271 g/mol. The molecule has 2 atom stereocenters. The van der Waals surface area contributed by atoms with Crippen LogP contribution in [-0.2, 0) is 4.74 Å².